The van der Waals surface area contributed by atoms with Crippen LogP contribution in [0.2, 0.25) is 0 Å². The number of carbonyl (C=O) groups is 3. The van der Waals surface area contributed by atoms with E-state index in [2.05, 4.69) is 10.6 Å². The van der Waals surface area contributed by atoms with Gasteiger partial charge in [-0.05, 0) is 53.6 Å². The molecule has 15 heteroatoms. The third kappa shape index (κ3) is 7.09. The molecule has 0 saturated heterocycles. The van der Waals surface area contributed by atoms with Crippen molar-refractivity contribution in [1.82, 2.24) is 5.32 Å². The fourth-order valence-corrected chi connectivity index (χ4v) is 6.67. The van der Waals surface area contributed by atoms with E-state index in [0.29, 0.717) is 23.6 Å². The summed E-state index contributed by atoms with van der Waals surface area (Å²) in [4.78, 5) is 37.0. The molecule has 10 nitrogen and oxygen atoms in total. The lowest BCUT2D eigenvalue weighted by molar-refractivity contribution is -0.136. The molecule has 0 radical (unpaired) electrons. The van der Waals surface area contributed by atoms with Gasteiger partial charge in [0, 0.05) is 17.8 Å². The predicted molar refractivity (Wildman–Crippen MR) is 159 cm³/mol. The maximum Gasteiger partial charge on any atom is 0.501 e. The summed E-state index contributed by atoms with van der Waals surface area (Å²) in [6.45, 7) is -0.136. The van der Waals surface area contributed by atoms with Crippen LogP contribution in [0.3, 0.4) is 0 Å². The fraction of sp³-hybridized carbons (Fsp3) is 0.281. The van der Waals surface area contributed by atoms with Crippen LogP contribution in [-0.4, -0.2) is 50.0 Å². The minimum absolute atomic E-state index is 0.0977. The van der Waals surface area contributed by atoms with E-state index in [4.69, 9.17) is 14.6 Å². The number of sulfone groups is 1. The molecule has 0 spiro atoms. The highest BCUT2D eigenvalue weighted by Crippen LogP contribution is 2.45. The Labute approximate surface area is 266 Å². The Morgan fingerprint density at radius 1 is 0.957 bits per heavy atom. The second-order valence-electron chi connectivity index (χ2n) is 11.1. The van der Waals surface area contributed by atoms with Crippen LogP contribution >= 0.6 is 0 Å². The first kappa shape index (κ1) is 33.4. The summed E-state index contributed by atoms with van der Waals surface area (Å²) in [5.41, 5.74) is -4.72. The van der Waals surface area contributed by atoms with Gasteiger partial charge in [-0.2, -0.15) is 13.2 Å². The molecule has 2 bridgehead atoms. The van der Waals surface area contributed by atoms with Crippen molar-refractivity contribution in [3.8, 4) is 11.5 Å². The normalized spacial score (nSPS) is 20.1. The number of carboxylic acids is 1. The molecular weight excluding hydrogens is 648 g/mol. The Kier molecular flexibility index (Phi) is 9.29. The van der Waals surface area contributed by atoms with Gasteiger partial charge in [0.1, 0.15) is 12.4 Å². The molecule has 1 fully saturated rings. The molecule has 2 aliphatic carbocycles. The van der Waals surface area contributed by atoms with Crippen LogP contribution in [0.15, 0.2) is 77.7 Å². The van der Waals surface area contributed by atoms with Crippen molar-refractivity contribution in [3.05, 3.63) is 95.3 Å². The Balaban J connectivity index is 1.33. The highest BCUT2D eigenvalue weighted by atomic mass is 32.2. The Morgan fingerprint density at radius 2 is 1.66 bits per heavy atom. The second-order valence-corrected chi connectivity index (χ2v) is 13.0. The molecule has 3 aromatic rings. The number of fused-ring (bicyclic) bond motifs is 2. The number of alkyl halides is 3. The highest BCUT2D eigenvalue weighted by Gasteiger charge is 2.49. The molecule has 2 aliphatic rings. The number of anilines is 1. The molecule has 5 rings (SSSR count). The van der Waals surface area contributed by atoms with E-state index in [1.807, 2.05) is 6.08 Å². The van der Waals surface area contributed by atoms with E-state index >= 15 is 0 Å². The molecule has 0 heterocycles. The van der Waals surface area contributed by atoms with Gasteiger partial charge in [-0.25, -0.2) is 12.8 Å². The number of rotatable bonds is 11. The number of methoxy groups -OCH3 is 1. The van der Waals surface area contributed by atoms with Crippen molar-refractivity contribution in [2.75, 3.05) is 12.4 Å². The highest BCUT2D eigenvalue weighted by molar-refractivity contribution is 7.92. The summed E-state index contributed by atoms with van der Waals surface area (Å²) < 4.78 is 88.7. The van der Waals surface area contributed by atoms with Crippen LogP contribution in [0, 0.1) is 23.6 Å². The lowest BCUT2D eigenvalue weighted by Crippen LogP contribution is -2.47. The van der Waals surface area contributed by atoms with Gasteiger partial charge in [0.05, 0.1) is 29.9 Å². The first-order chi connectivity index (χ1) is 22.2. The van der Waals surface area contributed by atoms with Crippen molar-refractivity contribution < 1.29 is 54.9 Å². The van der Waals surface area contributed by atoms with Crippen LogP contribution in [0.4, 0.5) is 23.2 Å². The van der Waals surface area contributed by atoms with Crippen LogP contribution in [-0.2, 0) is 32.5 Å². The Hall–Kier alpha value is -4.92. The van der Waals surface area contributed by atoms with Gasteiger partial charge in [0.25, 0.3) is 15.7 Å². The van der Waals surface area contributed by atoms with Crippen LogP contribution in [0.1, 0.15) is 27.9 Å². The Bertz CT molecular complexity index is 1860. The number of hydrogen-bond donors (Lipinski definition) is 3. The summed E-state index contributed by atoms with van der Waals surface area (Å²) in [6.07, 6.45) is 3.93. The molecule has 2 amide bonds. The molecule has 0 aliphatic heterocycles. The van der Waals surface area contributed by atoms with E-state index < -0.39 is 55.8 Å². The summed E-state index contributed by atoms with van der Waals surface area (Å²) in [6, 6.07) is 11.7. The molecule has 1 saturated carbocycles. The van der Waals surface area contributed by atoms with Gasteiger partial charge in [0.2, 0.25) is 5.91 Å². The number of hydrogen-bond acceptors (Lipinski definition) is 7. The summed E-state index contributed by atoms with van der Waals surface area (Å²) in [5.74, 6) is -5.04. The van der Waals surface area contributed by atoms with Gasteiger partial charge in [-0.1, -0.05) is 42.5 Å². The van der Waals surface area contributed by atoms with Gasteiger partial charge in [0.15, 0.2) is 11.6 Å². The van der Waals surface area contributed by atoms with Crippen LogP contribution in [0.5, 0.6) is 11.5 Å². The van der Waals surface area contributed by atoms with Crippen molar-refractivity contribution in [3.63, 3.8) is 0 Å². The zero-order chi connectivity index (χ0) is 34.1. The van der Waals surface area contributed by atoms with Crippen LogP contribution in [0.25, 0.3) is 0 Å². The number of aliphatic carboxylic acids is 1. The van der Waals surface area contributed by atoms with E-state index in [0.717, 1.165) is 24.3 Å². The average molecular weight is 677 g/mol. The van der Waals surface area contributed by atoms with Crippen molar-refractivity contribution in [2.24, 2.45) is 17.8 Å². The standard InChI is InChI=1S/C32H28F4N2O8S/c1-45-25-15-24(33)26(46-16-18-5-2-4-17(10-18)11-27(39)40)14-23(25)30(41)38-29-20-9-8-19(12-20)28(29)31(42)37-21-6-3-7-22(13-21)47(43,44)32(34,35)36/h2-10,13-15,19-20,28-29H,11-12,16H2,1H3,(H,37,42)(H,38,41)(H,39,40)/t19-,20+,28+,29-/m0/s1. The Morgan fingerprint density at radius 3 is 2.36 bits per heavy atom. The third-order valence-electron chi connectivity index (χ3n) is 8.02. The molecule has 0 unspecified atom stereocenters. The molecule has 248 valence electrons. The van der Waals surface area contributed by atoms with Gasteiger partial charge >= 0.3 is 11.5 Å². The second kappa shape index (κ2) is 13.1. The van der Waals surface area contributed by atoms with E-state index in [9.17, 15) is 40.4 Å². The fourth-order valence-electron chi connectivity index (χ4n) is 5.86. The lowest BCUT2D eigenvalue weighted by Gasteiger charge is -2.28. The van der Waals surface area contributed by atoms with Gasteiger partial charge < -0.3 is 25.2 Å². The first-order valence-corrected chi connectivity index (χ1v) is 15.7. The van der Waals surface area contributed by atoms with E-state index in [-0.39, 0.29) is 47.6 Å². The molecule has 4 atom stereocenters. The number of amides is 2. The third-order valence-corrected chi connectivity index (χ3v) is 9.50. The largest absolute Gasteiger partial charge is 0.501 e. The lowest BCUT2D eigenvalue weighted by atomic mass is 9.87. The molecule has 3 aromatic carbocycles. The number of carboxylic acid groups (broad SMARTS) is 1. The quantitative estimate of drug-likeness (QED) is 0.192. The average Bonchev–Trinajstić information content (AvgIpc) is 3.62. The van der Waals surface area contributed by atoms with Gasteiger partial charge in [-0.15, -0.1) is 0 Å². The number of allylic oxidation sites excluding steroid dienone is 1. The van der Waals surface area contributed by atoms with Crippen molar-refractivity contribution in [2.45, 2.75) is 35.9 Å². The minimum atomic E-state index is -5.65. The topological polar surface area (TPSA) is 148 Å². The molecule has 3 N–H and O–H groups in total. The number of benzene rings is 3. The SMILES string of the molecule is COc1cc(F)c(OCc2cccc(CC(=O)O)c2)cc1C(=O)N[C@@H]1[C@H](C(=O)Nc2cccc(S(=O)(=O)C(F)(F)F)c2)[C@H]2C=C[C@@H]1C2. The van der Waals surface area contributed by atoms with E-state index in [1.165, 1.54) is 13.2 Å². The zero-order valence-electron chi connectivity index (χ0n) is 24.6. The maximum absolute atomic E-state index is 14.9. The number of carbonyl (C=O) groups excluding carboxylic acids is 2. The predicted octanol–water partition coefficient (Wildman–Crippen LogP) is 4.89. The summed E-state index contributed by atoms with van der Waals surface area (Å²) in [5, 5.41) is 14.3. The number of ether oxygens (including phenoxy) is 2. The first-order valence-electron chi connectivity index (χ1n) is 14.2. The number of nitrogens with one attached hydrogen (secondary N) is 2. The maximum atomic E-state index is 14.9. The van der Waals surface area contributed by atoms with Crippen molar-refractivity contribution in [1.29, 1.82) is 0 Å². The number of halogens is 4. The van der Waals surface area contributed by atoms with Gasteiger partial charge in [-0.3, -0.25) is 14.4 Å². The monoisotopic (exact) mass is 676 g/mol. The minimum Gasteiger partial charge on any atom is -0.496 e. The van der Waals surface area contributed by atoms with Crippen molar-refractivity contribution >= 4 is 33.3 Å². The zero-order valence-corrected chi connectivity index (χ0v) is 25.4. The van der Waals surface area contributed by atoms with Crippen LogP contribution < -0.4 is 20.1 Å². The molecule has 47 heavy (non-hydrogen) atoms. The summed E-state index contributed by atoms with van der Waals surface area (Å²) in [7, 11) is -4.41. The molecule has 0 aromatic heterocycles. The smallest absolute Gasteiger partial charge is 0.496 e. The van der Waals surface area contributed by atoms with E-state index in [1.54, 1.807) is 30.3 Å². The summed E-state index contributed by atoms with van der Waals surface area (Å²) >= 11 is 0. The molecular formula is C32H28F4N2O8S.